The zero-order valence-electron chi connectivity index (χ0n) is 10.8. The third kappa shape index (κ3) is 3.48. The van der Waals surface area contributed by atoms with Crippen LogP contribution < -0.4 is 10.2 Å². The summed E-state index contributed by atoms with van der Waals surface area (Å²) in [7, 11) is 0. The molecule has 0 amide bonds. The summed E-state index contributed by atoms with van der Waals surface area (Å²) < 4.78 is 0. The van der Waals surface area contributed by atoms with Gasteiger partial charge in [0.2, 0.25) is 0 Å². The average molecular weight is 319 g/mol. The SMILES string of the molecule is O=c1[nH]c(CNc2cc(Cl)nc(-c3ccccc3)n2)cs1. The minimum Gasteiger partial charge on any atom is -0.364 e. The Morgan fingerprint density at radius 2 is 2.05 bits per heavy atom. The molecule has 0 saturated heterocycles. The summed E-state index contributed by atoms with van der Waals surface area (Å²) in [5.41, 5.74) is 1.70. The molecule has 0 atom stereocenters. The molecule has 0 fully saturated rings. The fourth-order valence-corrected chi connectivity index (χ4v) is 2.58. The maximum absolute atomic E-state index is 11.1. The Balaban J connectivity index is 1.83. The molecule has 21 heavy (non-hydrogen) atoms. The summed E-state index contributed by atoms with van der Waals surface area (Å²) in [5, 5.41) is 5.27. The van der Waals surface area contributed by atoms with E-state index >= 15 is 0 Å². The van der Waals surface area contributed by atoms with Gasteiger partial charge in [0.1, 0.15) is 11.0 Å². The highest BCUT2D eigenvalue weighted by molar-refractivity contribution is 7.07. The van der Waals surface area contributed by atoms with E-state index in [1.54, 1.807) is 11.4 Å². The molecule has 0 aliphatic carbocycles. The van der Waals surface area contributed by atoms with Crippen molar-refractivity contribution in [3.05, 3.63) is 62.3 Å². The molecule has 106 valence electrons. The summed E-state index contributed by atoms with van der Waals surface area (Å²) in [6.45, 7) is 0.473. The number of nitrogens with zero attached hydrogens (tertiary/aromatic N) is 2. The number of hydrogen-bond acceptors (Lipinski definition) is 5. The van der Waals surface area contributed by atoms with Crippen LogP contribution in [0.25, 0.3) is 11.4 Å². The van der Waals surface area contributed by atoms with Crippen molar-refractivity contribution in [2.75, 3.05) is 5.32 Å². The minimum atomic E-state index is -0.0718. The first kappa shape index (κ1) is 13.8. The summed E-state index contributed by atoms with van der Waals surface area (Å²) in [4.78, 5) is 22.4. The first-order chi connectivity index (χ1) is 10.2. The van der Waals surface area contributed by atoms with Crippen molar-refractivity contribution in [3.8, 4) is 11.4 Å². The van der Waals surface area contributed by atoms with Gasteiger partial charge in [-0.05, 0) is 0 Å². The zero-order valence-corrected chi connectivity index (χ0v) is 12.4. The summed E-state index contributed by atoms with van der Waals surface area (Å²) >= 11 is 7.17. The van der Waals surface area contributed by atoms with Crippen LogP contribution in [0.2, 0.25) is 5.15 Å². The van der Waals surface area contributed by atoms with Gasteiger partial charge in [0.05, 0.1) is 6.54 Å². The Morgan fingerprint density at radius 3 is 2.76 bits per heavy atom. The maximum Gasteiger partial charge on any atom is 0.304 e. The van der Waals surface area contributed by atoms with Crippen molar-refractivity contribution in [2.45, 2.75) is 6.54 Å². The molecule has 0 aliphatic rings. The van der Waals surface area contributed by atoms with Crippen LogP contribution in [0.15, 0.2) is 46.6 Å². The highest BCUT2D eigenvalue weighted by atomic mass is 35.5. The average Bonchev–Trinajstić information content (AvgIpc) is 2.91. The largest absolute Gasteiger partial charge is 0.364 e. The second kappa shape index (κ2) is 6.07. The Bertz CT molecular complexity index is 800. The molecular weight excluding hydrogens is 308 g/mol. The van der Waals surface area contributed by atoms with Gasteiger partial charge < -0.3 is 10.3 Å². The molecule has 2 heterocycles. The molecule has 3 rings (SSSR count). The van der Waals surface area contributed by atoms with Gasteiger partial charge in [0.15, 0.2) is 5.82 Å². The van der Waals surface area contributed by atoms with E-state index in [2.05, 4.69) is 20.3 Å². The molecule has 0 saturated carbocycles. The number of rotatable bonds is 4. The Hall–Kier alpha value is -2.18. The Labute approximate surface area is 129 Å². The van der Waals surface area contributed by atoms with Crippen molar-refractivity contribution in [1.82, 2.24) is 15.0 Å². The van der Waals surface area contributed by atoms with Crippen LogP contribution in [-0.2, 0) is 6.54 Å². The lowest BCUT2D eigenvalue weighted by Crippen LogP contribution is -2.05. The second-order valence-electron chi connectivity index (χ2n) is 4.29. The van der Waals surface area contributed by atoms with Crippen LogP contribution in [0.3, 0.4) is 0 Å². The number of H-pyrrole nitrogens is 1. The number of halogens is 1. The molecule has 2 N–H and O–H groups in total. The van der Waals surface area contributed by atoms with Gasteiger partial charge in [0.25, 0.3) is 0 Å². The summed E-state index contributed by atoms with van der Waals surface area (Å²) in [5.74, 6) is 1.17. The third-order valence-electron chi connectivity index (χ3n) is 2.76. The molecular formula is C14H11ClN4OS. The third-order valence-corrected chi connectivity index (χ3v) is 3.67. The van der Waals surface area contributed by atoms with Crippen molar-refractivity contribution >= 4 is 28.8 Å². The maximum atomic E-state index is 11.1. The quantitative estimate of drug-likeness (QED) is 0.725. The number of hydrogen-bond donors (Lipinski definition) is 2. The number of anilines is 1. The van der Waals surface area contributed by atoms with E-state index in [0.29, 0.717) is 23.3 Å². The molecule has 2 aromatic heterocycles. The molecule has 7 heteroatoms. The first-order valence-corrected chi connectivity index (χ1v) is 7.47. The van der Waals surface area contributed by atoms with Gasteiger partial charge >= 0.3 is 4.87 Å². The van der Waals surface area contributed by atoms with E-state index in [4.69, 9.17) is 11.6 Å². The van der Waals surface area contributed by atoms with Crippen LogP contribution in [0.4, 0.5) is 5.82 Å². The molecule has 0 bridgehead atoms. The Morgan fingerprint density at radius 1 is 1.24 bits per heavy atom. The van der Waals surface area contributed by atoms with Gasteiger partial charge in [-0.15, -0.1) is 0 Å². The lowest BCUT2D eigenvalue weighted by atomic mass is 10.2. The van der Waals surface area contributed by atoms with Gasteiger partial charge in [-0.25, -0.2) is 9.97 Å². The van der Waals surface area contributed by atoms with Crippen molar-refractivity contribution in [1.29, 1.82) is 0 Å². The number of benzene rings is 1. The molecule has 0 radical (unpaired) electrons. The van der Waals surface area contributed by atoms with E-state index < -0.39 is 0 Å². The van der Waals surface area contributed by atoms with Crippen molar-refractivity contribution in [2.24, 2.45) is 0 Å². The minimum absolute atomic E-state index is 0.0718. The monoisotopic (exact) mass is 318 g/mol. The van der Waals surface area contributed by atoms with Crippen molar-refractivity contribution < 1.29 is 0 Å². The van der Waals surface area contributed by atoms with Crippen LogP contribution in [-0.4, -0.2) is 15.0 Å². The molecule has 0 unspecified atom stereocenters. The fourth-order valence-electron chi connectivity index (χ4n) is 1.81. The summed E-state index contributed by atoms with van der Waals surface area (Å²) in [6, 6.07) is 11.3. The standard InChI is InChI=1S/C14H11ClN4OS/c15-11-6-12(16-7-10-8-21-14(20)17-10)19-13(18-11)9-4-2-1-3-5-9/h1-6,8H,7H2,(H,17,20)(H,16,18,19). The normalized spacial score (nSPS) is 10.5. The Kier molecular flexibility index (Phi) is 3.98. The molecule has 0 spiro atoms. The van der Waals surface area contributed by atoms with E-state index in [0.717, 1.165) is 22.6 Å². The predicted molar refractivity (Wildman–Crippen MR) is 84.7 cm³/mol. The number of aromatic amines is 1. The molecule has 3 aromatic rings. The zero-order chi connectivity index (χ0) is 14.7. The van der Waals surface area contributed by atoms with Crippen LogP contribution in [0.5, 0.6) is 0 Å². The number of nitrogens with one attached hydrogen (secondary N) is 2. The predicted octanol–water partition coefficient (Wildman–Crippen LogP) is 3.16. The van der Waals surface area contributed by atoms with Gasteiger partial charge in [-0.3, -0.25) is 4.79 Å². The number of thiazole rings is 1. The summed E-state index contributed by atoms with van der Waals surface area (Å²) in [6.07, 6.45) is 0. The number of aromatic nitrogens is 3. The first-order valence-electron chi connectivity index (χ1n) is 6.21. The topological polar surface area (TPSA) is 70.7 Å². The second-order valence-corrected chi connectivity index (χ2v) is 5.52. The van der Waals surface area contributed by atoms with Crippen LogP contribution >= 0.6 is 22.9 Å². The van der Waals surface area contributed by atoms with Crippen LogP contribution in [0, 0.1) is 0 Å². The molecule has 5 nitrogen and oxygen atoms in total. The van der Waals surface area contributed by atoms with Crippen molar-refractivity contribution in [3.63, 3.8) is 0 Å². The van der Waals surface area contributed by atoms with E-state index in [1.165, 1.54) is 0 Å². The van der Waals surface area contributed by atoms with E-state index in [-0.39, 0.29) is 4.87 Å². The highest BCUT2D eigenvalue weighted by Crippen LogP contribution is 2.20. The highest BCUT2D eigenvalue weighted by Gasteiger charge is 2.06. The van der Waals surface area contributed by atoms with Gasteiger partial charge in [-0.2, -0.15) is 0 Å². The lowest BCUT2D eigenvalue weighted by molar-refractivity contribution is 1.03. The molecule has 0 aliphatic heterocycles. The molecule has 1 aromatic carbocycles. The fraction of sp³-hybridized carbons (Fsp3) is 0.0714. The smallest absolute Gasteiger partial charge is 0.304 e. The van der Waals surface area contributed by atoms with Gasteiger partial charge in [0, 0.05) is 22.7 Å². The lowest BCUT2D eigenvalue weighted by Gasteiger charge is -2.07. The van der Waals surface area contributed by atoms with Gasteiger partial charge in [-0.1, -0.05) is 53.3 Å². The van der Waals surface area contributed by atoms with E-state index in [1.807, 2.05) is 30.3 Å². The van der Waals surface area contributed by atoms with Crippen LogP contribution in [0.1, 0.15) is 5.69 Å². The van der Waals surface area contributed by atoms with E-state index in [9.17, 15) is 4.79 Å².